The van der Waals surface area contributed by atoms with E-state index in [4.69, 9.17) is 19.0 Å². The third kappa shape index (κ3) is 18.8. The molecule has 0 aliphatic heterocycles. The fourth-order valence-corrected chi connectivity index (χ4v) is 5.02. The van der Waals surface area contributed by atoms with Crippen molar-refractivity contribution in [3.8, 4) is 5.75 Å². The number of nitrogens with zero attached hydrogens (tertiary/aromatic N) is 1. The third-order valence-electron chi connectivity index (χ3n) is 6.99. The minimum Gasteiger partial charge on any atom is -0.487 e. The van der Waals surface area contributed by atoms with Crippen LogP contribution in [0.3, 0.4) is 0 Å². The molecule has 1 amide bonds. The van der Waals surface area contributed by atoms with Gasteiger partial charge in [-0.25, -0.2) is 4.57 Å². The van der Waals surface area contributed by atoms with Crippen LogP contribution in [0.1, 0.15) is 108 Å². The molecule has 1 heterocycles. The minimum atomic E-state index is -4.65. The molecule has 0 saturated carbocycles. The van der Waals surface area contributed by atoms with Crippen LogP contribution < -0.4 is 10.1 Å². The molecule has 0 saturated heterocycles. The van der Waals surface area contributed by atoms with Gasteiger partial charge in [-0.3, -0.25) is 14.3 Å². The van der Waals surface area contributed by atoms with Gasteiger partial charge < -0.3 is 19.8 Å². The summed E-state index contributed by atoms with van der Waals surface area (Å²) in [4.78, 5) is 35.1. The lowest BCUT2D eigenvalue weighted by molar-refractivity contribution is -0.122. The second-order valence-corrected chi connectivity index (χ2v) is 12.1. The van der Waals surface area contributed by atoms with Gasteiger partial charge in [0.2, 0.25) is 5.91 Å². The van der Waals surface area contributed by atoms with Crippen LogP contribution in [-0.4, -0.2) is 33.3 Å². The number of carbonyl (C=O) groups excluding carboxylic acids is 1. The van der Waals surface area contributed by atoms with Gasteiger partial charge in [-0.1, -0.05) is 88.6 Å². The molecule has 2 rings (SSSR count). The van der Waals surface area contributed by atoms with Crippen LogP contribution in [0.15, 0.2) is 60.8 Å². The number of rotatable bonds is 24. The Morgan fingerprint density at radius 3 is 2.17 bits per heavy atom. The van der Waals surface area contributed by atoms with E-state index in [9.17, 15) is 9.36 Å². The molecule has 0 aliphatic rings. The highest BCUT2D eigenvalue weighted by Crippen LogP contribution is 2.35. The molecule has 0 radical (unpaired) electrons. The Morgan fingerprint density at radius 1 is 0.905 bits per heavy atom. The zero-order valence-corrected chi connectivity index (χ0v) is 26.2. The Balaban J connectivity index is 1.63. The van der Waals surface area contributed by atoms with E-state index in [-0.39, 0.29) is 12.5 Å². The number of carbonyl (C=O) groups is 1. The maximum Gasteiger partial charge on any atom is 0.469 e. The van der Waals surface area contributed by atoms with Crippen LogP contribution >= 0.6 is 7.82 Å². The average molecular weight is 603 g/mol. The van der Waals surface area contributed by atoms with E-state index in [0.717, 1.165) is 43.4 Å². The predicted octanol–water partition coefficient (Wildman–Crippen LogP) is 7.83. The molecule has 0 bridgehead atoms. The number of ether oxygens (including phenoxy) is 1. The fraction of sp³-hybridized carbons (Fsp3) is 0.576. The minimum absolute atomic E-state index is 0.137. The molecule has 9 heteroatoms. The lowest BCUT2D eigenvalue weighted by Gasteiger charge is -2.19. The number of phosphoric ester groups is 1. The highest BCUT2D eigenvalue weighted by molar-refractivity contribution is 7.46. The van der Waals surface area contributed by atoms with Crippen LogP contribution in [0.2, 0.25) is 0 Å². The van der Waals surface area contributed by atoms with Crippen molar-refractivity contribution in [1.82, 2.24) is 10.3 Å². The van der Waals surface area contributed by atoms with Crippen LogP contribution in [0.5, 0.6) is 5.75 Å². The average Bonchev–Trinajstić information content (AvgIpc) is 2.97. The first-order chi connectivity index (χ1) is 20.4. The molecule has 1 atom stereocenters. The molecular weight excluding hydrogens is 551 g/mol. The largest absolute Gasteiger partial charge is 0.487 e. The monoisotopic (exact) mass is 602 g/mol. The summed E-state index contributed by atoms with van der Waals surface area (Å²) >= 11 is 0. The van der Waals surface area contributed by atoms with Crippen molar-refractivity contribution in [3.05, 3.63) is 72.1 Å². The summed E-state index contributed by atoms with van der Waals surface area (Å²) in [5.41, 5.74) is 1.71. The summed E-state index contributed by atoms with van der Waals surface area (Å²) < 4.78 is 21.8. The fourth-order valence-electron chi connectivity index (χ4n) is 4.64. The molecular formula is C33H51N2O6P. The van der Waals surface area contributed by atoms with Gasteiger partial charge >= 0.3 is 7.82 Å². The SMILES string of the molecule is CCCCCCCCC=CCCCCCCCC(=O)N[C@@H](COP(=O)(O)O)Cc1ccc(OCc2ccccn2)cc1. The normalized spacial score (nSPS) is 12.5. The number of nitrogens with one attached hydrogen (secondary N) is 1. The van der Waals surface area contributed by atoms with Gasteiger partial charge in [-0.05, 0) is 68.4 Å². The van der Waals surface area contributed by atoms with Crippen molar-refractivity contribution in [2.75, 3.05) is 6.61 Å². The van der Waals surface area contributed by atoms with Gasteiger partial charge in [0.15, 0.2) is 0 Å². The first-order valence-corrected chi connectivity index (χ1v) is 17.1. The summed E-state index contributed by atoms with van der Waals surface area (Å²) in [5.74, 6) is 0.544. The number of phosphoric acid groups is 1. The lowest BCUT2D eigenvalue weighted by atomic mass is 10.1. The van der Waals surface area contributed by atoms with E-state index < -0.39 is 13.9 Å². The van der Waals surface area contributed by atoms with E-state index in [0.29, 0.717) is 25.2 Å². The number of amides is 1. The summed E-state index contributed by atoms with van der Waals surface area (Å²) in [6, 6.07) is 12.5. The van der Waals surface area contributed by atoms with E-state index >= 15 is 0 Å². The van der Waals surface area contributed by atoms with E-state index in [1.165, 1.54) is 51.4 Å². The zero-order valence-electron chi connectivity index (χ0n) is 25.3. The Labute approximate surface area is 252 Å². The standard InChI is InChI=1S/C33H51N2O6P/c1-2-3-4-5-6-7-8-9-10-11-12-13-14-15-16-20-33(36)35-31(28-41-42(37,38)39)26-29-21-23-32(24-22-29)40-27-30-19-17-18-25-34-30/h9-10,17-19,21-25,31H,2-8,11-16,20,26-28H2,1H3,(H,35,36)(H2,37,38,39)/t31-/m1/s1. The van der Waals surface area contributed by atoms with Crippen molar-refractivity contribution in [2.45, 2.75) is 116 Å². The highest BCUT2D eigenvalue weighted by Gasteiger charge is 2.20. The van der Waals surface area contributed by atoms with E-state index in [1.54, 1.807) is 6.20 Å². The van der Waals surface area contributed by atoms with Crippen molar-refractivity contribution >= 4 is 13.7 Å². The van der Waals surface area contributed by atoms with Crippen molar-refractivity contribution < 1.29 is 28.4 Å². The quantitative estimate of drug-likeness (QED) is 0.0636. The molecule has 0 unspecified atom stereocenters. The lowest BCUT2D eigenvalue weighted by Crippen LogP contribution is -2.39. The Bertz CT molecular complexity index is 1040. The topological polar surface area (TPSA) is 118 Å². The Kier molecular flexibility index (Phi) is 18.8. The Morgan fingerprint density at radius 2 is 1.55 bits per heavy atom. The second-order valence-electron chi connectivity index (χ2n) is 10.8. The van der Waals surface area contributed by atoms with Gasteiger partial charge in [0.25, 0.3) is 0 Å². The number of hydrogen-bond donors (Lipinski definition) is 3. The van der Waals surface area contributed by atoms with Gasteiger partial charge in [-0.2, -0.15) is 0 Å². The van der Waals surface area contributed by atoms with Gasteiger partial charge in [0.1, 0.15) is 12.4 Å². The third-order valence-corrected chi connectivity index (χ3v) is 7.48. The Hall–Kier alpha value is -2.51. The van der Waals surface area contributed by atoms with Gasteiger partial charge in [0, 0.05) is 12.6 Å². The first-order valence-electron chi connectivity index (χ1n) is 15.6. The number of pyridine rings is 1. The second kappa shape index (κ2) is 22.1. The molecule has 42 heavy (non-hydrogen) atoms. The first kappa shape index (κ1) is 35.7. The van der Waals surface area contributed by atoms with Crippen molar-refractivity contribution in [1.29, 1.82) is 0 Å². The molecule has 3 N–H and O–H groups in total. The number of unbranched alkanes of at least 4 members (excludes halogenated alkanes) is 11. The molecule has 2 aromatic rings. The van der Waals surface area contributed by atoms with E-state index in [2.05, 4.69) is 29.4 Å². The highest BCUT2D eigenvalue weighted by atomic mass is 31.2. The maximum atomic E-state index is 12.6. The molecule has 8 nitrogen and oxygen atoms in total. The number of allylic oxidation sites excluding steroid dienone is 2. The summed E-state index contributed by atoms with van der Waals surface area (Å²) in [6.45, 7) is 2.32. The summed E-state index contributed by atoms with van der Waals surface area (Å²) in [6.07, 6.45) is 22.6. The van der Waals surface area contributed by atoms with Crippen LogP contribution in [-0.2, 0) is 26.9 Å². The molecule has 1 aromatic heterocycles. The van der Waals surface area contributed by atoms with Crippen LogP contribution in [0, 0.1) is 0 Å². The summed E-state index contributed by atoms with van der Waals surface area (Å²) in [5, 5.41) is 2.89. The number of benzene rings is 1. The van der Waals surface area contributed by atoms with Gasteiger partial charge in [-0.15, -0.1) is 0 Å². The maximum absolute atomic E-state index is 12.6. The smallest absolute Gasteiger partial charge is 0.469 e. The molecule has 1 aromatic carbocycles. The summed E-state index contributed by atoms with van der Waals surface area (Å²) in [7, 11) is -4.65. The van der Waals surface area contributed by atoms with Crippen LogP contribution in [0.25, 0.3) is 0 Å². The molecule has 0 aliphatic carbocycles. The predicted molar refractivity (Wildman–Crippen MR) is 168 cm³/mol. The van der Waals surface area contributed by atoms with Crippen LogP contribution in [0.4, 0.5) is 0 Å². The molecule has 234 valence electrons. The molecule has 0 fully saturated rings. The number of aromatic nitrogens is 1. The van der Waals surface area contributed by atoms with E-state index in [1.807, 2.05) is 42.5 Å². The van der Waals surface area contributed by atoms with Crippen molar-refractivity contribution in [2.24, 2.45) is 0 Å². The zero-order chi connectivity index (χ0) is 30.3. The van der Waals surface area contributed by atoms with Gasteiger partial charge in [0.05, 0.1) is 18.3 Å². The molecule has 0 spiro atoms. The number of hydrogen-bond acceptors (Lipinski definition) is 5. The van der Waals surface area contributed by atoms with Crippen molar-refractivity contribution in [3.63, 3.8) is 0 Å².